The lowest BCUT2D eigenvalue weighted by Gasteiger charge is -2.23. The Balaban J connectivity index is 2.81. The molecule has 1 aromatic heterocycles. The van der Waals surface area contributed by atoms with Crippen molar-refractivity contribution in [2.45, 2.75) is 20.3 Å². The predicted molar refractivity (Wildman–Crippen MR) is 65.2 cm³/mol. The van der Waals surface area contributed by atoms with Crippen molar-refractivity contribution in [1.82, 2.24) is 9.88 Å². The Bertz CT molecular complexity index is 437. The van der Waals surface area contributed by atoms with Crippen LogP contribution in [-0.2, 0) is 0 Å². The Morgan fingerprint density at radius 3 is 2.78 bits per heavy atom. The minimum absolute atomic E-state index is 0.216. The lowest BCUT2D eigenvalue weighted by atomic mass is 10.1. The van der Waals surface area contributed by atoms with Gasteiger partial charge in [0.25, 0.3) is 5.91 Å². The van der Waals surface area contributed by atoms with Crippen LogP contribution >= 0.6 is 0 Å². The number of rotatable bonds is 5. The van der Waals surface area contributed by atoms with Crippen molar-refractivity contribution >= 4 is 5.91 Å². The zero-order valence-electron chi connectivity index (χ0n) is 10.6. The third-order valence-electron chi connectivity index (χ3n) is 2.34. The van der Waals surface area contributed by atoms with E-state index in [4.69, 9.17) is 5.26 Å². The minimum Gasteiger partial charge on any atom is -0.337 e. The Morgan fingerprint density at radius 2 is 2.28 bits per heavy atom. The number of hydrogen-bond donors (Lipinski definition) is 0. The molecule has 0 N–H and O–H groups in total. The first-order valence-corrected chi connectivity index (χ1v) is 5.82. The highest BCUT2D eigenvalue weighted by Crippen LogP contribution is 2.08. The van der Waals surface area contributed by atoms with Gasteiger partial charge in [0.1, 0.15) is 0 Å². The maximum atomic E-state index is 12.7. The molecule has 0 saturated heterocycles. The number of nitriles is 1. The molecule has 0 aliphatic carbocycles. The number of pyridine rings is 1. The van der Waals surface area contributed by atoms with E-state index in [-0.39, 0.29) is 12.3 Å². The molecule has 1 aromatic rings. The van der Waals surface area contributed by atoms with Crippen molar-refractivity contribution < 1.29 is 9.18 Å². The van der Waals surface area contributed by atoms with Crippen LogP contribution in [0.25, 0.3) is 0 Å². The molecule has 1 heterocycles. The average molecular weight is 249 g/mol. The number of amides is 1. The van der Waals surface area contributed by atoms with Crippen LogP contribution in [0.3, 0.4) is 0 Å². The molecule has 0 aliphatic rings. The van der Waals surface area contributed by atoms with Crippen LogP contribution in [0.15, 0.2) is 18.3 Å². The van der Waals surface area contributed by atoms with Gasteiger partial charge in [-0.3, -0.25) is 4.79 Å². The zero-order valence-corrected chi connectivity index (χ0v) is 10.6. The molecular weight excluding hydrogens is 233 g/mol. The van der Waals surface area contributed by atoms with Crippen LogP contribution in [0.2, 0.25) is 0 Å². The van der Waals surface area contributed by atoms with E-state index in [1.807, 2.05) is 19.9 Å². The van der Waals surface area contributed by atoms with Crippen molar-refractivity contribution in [1.29, 1.82) is 5.26 Å². The summed E-state index contributed by atoms with van der Waals surface area (Å²) in [4.78, 5) is 17.2. The molecule has 0 spiro atoms. The second-order valence-corrected chi connectivity index (χ2v) is 4.42. The summed E-state index contributed by atoms with van der Waals surface area (Å²) in [6, 6.07) is 4.58. The van der Waals surface area contributed by atoms with Crippen LogP contribution in [-0.4, -0.2) is 28.9 Å². The number of halogens is 1. The monoisotopic (exact) mass is 249 g/mol. The largest absolute Gasteiger partial charge is 0.337 e. The molecule has 0 bridgehead atoms. The molecule has 1 amide bonds. The van der Waals surface area contributed by atoms with Crippen molar-refractivity contribution in [2.24, 2.45) is 5.92 Å². The third kappa shape index (κ3) is 4.13. The van der Waals surface area contributed by atoms with Crippen LogP contribution in [0.4, 0.5) is 4.39 Å². The van der Waals surface area contributed by atoms with Gasteiger partial charge in [-0.25, -0.2) is 4.98 Å². The van der Waals surface area contributed by atoms with Crippen LogP contribution in [0, 0.1) is 23.2 Å². The fourth-order valence-electron chi connectivity index (χ4n) is 1.59. The van der Waals surface area contributed by atoms with E-state index in [9.17, 15) is 9.18 Å². The van der Waals surface area contributed by atoms with E-state index in [2.05, 4.69) is 4.98 Å². The quantitative estimate of drug-likeness (QED) is 0.752. The second-order valence-electron chi connectivity index (χ2n) is 4.42. The summed E-state index contributed by atoms with van der Waals surface area (Å²) >= 11 is 0. The van der Waals surface area contributed by atoms with Crippen molar-refractivity contribution in [3.05, 3.63) is 29.8 Å². The standard InChI is InChI=1S/C13H16FN3O/c1-10(2)9-17(7-3-6-15)13(18)11-4-5-12(14)16-8-11/h4-5,8,10H,3,7,9H2,1-2H3. The predicted octanol–water partition coefficient (Wildman–Crippen LogP) is 2.23. The molecule has 4 nitrogen and oxygen atoms in total. The van der Waals surface area contributed by atoms with Gasteiger partial charge in [-0.2, -0.15) is 9.65 Å². The molecule has 96 valence electrons. The molecule has 0 radical (unpaired) electrons. The summed E-state index contributed by atoms with van der Waals surface area (Å²) in [6.45, 7) is 4.94. The topological polar surface area (TPSA) is 57.0 Å². The molecule has 1 rings (SSSR count). The van der Waals surface area contributed by atoms with E-state index < -0.39 is 5.95 Å². The Kier molecular flexibility index (Phi) is 5.25. The van der Waals surface area contributed by atoms with Gasteiger partial charge in [-0.1, -0.05) is 13.8 Å². The van der Waals surface area contributed by atoms with Gasteiger partial charge in [-0.05, 0) is 18.1 Å². The minimum atomic E-state index is -0.612. The number of nitrogens with zero attached hydrogens (tertiary/aromatic N) is 3. The Morgan fingerprint density at radius 1 is 1.56 bits per heavy atom. The maximum Gasteiger partial charge on any atom is 0.255 e. The van der Waals surface area contributed by atoms with E-state index in [1.54, 1.807) is 4.90 Å². The summed E-state index contributed by atoms with van der Waals surface area (Å²) in [5.41, 5.74) is 0.343. The Labute approximate surface area is 106 Å². The molecule has 0 atom stereocenters. The summed E-state index contributed by atoms with van der Waals surface area (Å²) < 4.78 is 12.7. The summed E-state index contributed by atoms with van der Waals surface area (Å²) in [7, 11) is 0. The van der Waals surface area contributed by atoms with Crippen LogP contribution in [0.1, 0.15) is 30.6 Å². The number of carbonyl (C=O) groups excluding carboxylic acids is 1. The van der Waals surface area contributed by atoms with Crippen LogP contribution in [0.5, 0.6) is 0 Å². The van der Waals surface area contributed by atoms with E-state index in [0.717, 1.165) is 6.07 Å². The van der Waals surface area contributed by atoms with Gasteiger partial charge in [0, 0.05) is 19.3 Å². The van der Waals surface area contributed by atoms with Gasteiger partial charge in [-0.15, -0.1) is 0 Å². The average Bonchev–Trinajstić information content (AvgIpc) is 2.34. The molecule has 18 heavy (non-hydrogen) atoms. The van der Waals surface area contributed by atoms with Crippen molar-refractivity contribution in [2.75, 3.05) is 13.1 Å². The molecule has 0 saturated carbocycles. The van der Waals surface area contributed by atoms with E-state index in [0.29, 0.717) is 24.6 Å². The first-order valence-electron chi connectivity index (χ1n) is 5.82. The molecule has 0 unspecified atom stereocenters. The van der Waals surface area contributed by atoms with Crippen LogP contribution < -0.4 is 0 Å². The summed E-state index contributed by atoms with van der Waals surface area (Å²) in [5.74, 6) is -0.522. The highest BCUT2D eigenvalue weighted by Gasteiger charge is 2.16. The lowest BCUT2D eigenvalue weighted by Crippen LogP contribution is -2.35. The number of carbonyl (C=O) groups is 1. The smallest absolute Gasteiger partial charge is 0.255 e. The molecule has 0 aliphatic heterocycles. The summed E-state index contributed by atoms with van der Waals surface area (Å²) in [5, 5.41) is 8.59. The molecule has 5 heteroatoms. The van der Waals surface area contributed by atoms with Crippen molar-refractivity contribution in [3.63, 3.8) is 0 Å². The molecule has 0 fully saturated rings. The number of hydrogen-bond acceptors (Lipinski definition) is 3. The first kappa shape index (κ1) is 14.1. The molecule has 0 aromatic carbocycles. The van der Waals surface area contributed by atoms with Gasteiger partial charge < -0.3 is 4.90 Å². The highest BCUT2D eigenvalue weighted by atomic mass is 19.1. The van der Waals surface area contributed by atoms with Gasteiger partial charge in [0.2, 0.25) is 5.95 Å². The number of aromatic nitrogens is 1. The van der Waals surface area contributed by atoms with Gasteiger partial charge in [0.05, 0.1) is 18.1 Å². The lowest BCUT2D eigenvalue weighted by molar-refractivity contribution is 0.0739. The van der Waals surface area contributed by atoms with Gasteiger partial charge in [0.15, 0.2) is 0 Å². The third-order valence-corrected chi connectivity index (χ3v) is 2.34. The van der Waals surface area contributed by atoms with E-state index >= 15 is 0 Å². The second kappa shape index (κ2) is 6.70. The summed E-state index contributed by atoms with van der Waals surface area (Å²) in [6.07, 6.45) is 1.50. The van der Waals surface area contributed by atoms with Gasteiger partial charge >= 0.3 is 0 Å². The maximum absolute atomic E-state index is 12.7. The normalized spacial score (nSPS) is 10.2. The molecular formula is C13H16FN3O. The Hall–Kier alpha value is -1.96. The van der Waals surface area contributed by atoms with E-state index in [1.165, 1.54) is 12.3 Å². The fraction of sp³-hybridized carbons (Fsp3) is 0.462. The zero-order chi connectivity index (χ0) is 13.5. The van der Waals surface area contributed by atoms with Crippen molar-refractivity contribution in [3.8, 4) is 6.07 Å². The highest BCUT2D eigenvalue weighted by molar-refractivity contribution is 5.93. The first-order chi connectivity index (χ1) is 8.54. The fourth-order valence-corrected chi connectivity index (χ4v) is 1.59. The SMILES string of the molecule is CC(C)CN(CCC#N)C(=O)c1ccc(F)nc1.